The number of thioether (sulfide) groups is 1. The molecule has 0 fully saturated rings. The number of amidine groups is 1. The molecule has 2 N–H and O–H groups in total. The fourth-order valence-corrected chi connectivity index (χ4v) is 4.87. The van der Waals surface area contributed by atoms with Crippen molar-refractivity contribution in [3.05, 3.63) is 65.4 Å². The Kier molecular flexibility index (Phi) is 6.22. The lowest BCUT2D eigenvalue weighted by molar-refractivity contribution is -0.274. The van der Waals surface area contributed by atoms with E-state index in [2.05, 4.69) is 30.5 Å². The Bertz CT molecular complexity index is 1390. The Morgan fingerprint density at radius 3 is 2.38 bits per heavy atom. The maximum atomic E-state index is 13.4. The predicted molar refractivity (Wildman–Crippen MR) is 132 cm³/mol. The minimum absolute atomic E-state index is 0.226. The Labute approximate surface area is 214 Å². The van der Waals surface area contributed by atoms with Crippen LogP contribution < -0.4 is 20.2 Å². The van der Waals surface area contributed by atoms with Gasteiger partial charge in [-0.15, -0.1) is 13.2 Å². The first-order valence-electron chi connectivity index (χ1n) is 11.3. The molecule has 8 nitrogen and oxygen atoms in total. The average Bonchev–Trinajstić information content (AvgIpc) is 3.34. The lowest BCUT2D eigenvalue weighted by atomic mass is 9.70. The van der Waals surface area contributed by atoms with Crippen molar-refractivity contribution >= 4 is 22.8 Å². The van der Waals surface area contributed by atoms with E-state index in [0.29, 0.717) is 33.7 Å². The maximum absolute atomic E-state index is 13.4. The van der Waals surface area contributed by atoms with E-state index >= 15 is 0 Å². The molecule has 0 unspecified atom stereocenters. The standard InChI is InChI=1S/C25H22F3N5O3S/c1-13-4-9-16-19(24(2,3)22(34)32-23-33-29-12-37-23)17-10-11-18(31-21(17)35-20(16)30-13)14-5-7-15(8-6-14)36-25(26,27)28/h4-11,19,29H,12H2,1-3H3,(H,32,33,34)/t19-/m0/s1. The number of amides is 1. The summed E-state index contributed by atoms with van der Waals surface area (Å²) in [6, 6.07) is 12.7. The van der Waals surface area contributed by atoms with E-state index in [1.807, 2.05) is 39.0 Å². The van der Waals surface area contributed by atoms with Crippen LogP contribution in [0.5, 0.6) is 17.5 Å². The number of fused-ring (bicyclic) bond motifs is 2. The van der Waals surface area contributed by atoms with E-state index in [0.717, 1.165) is 11.3 Å². The maximum Gasteiger partial charge on any atom is 0.573 e. The number of hydrogen-bond acceptors (Lipinski definition) is 8. The topological polar surface area (TPSA) is 97.7 Å². The van der Waals surface area contributed by atoms with Gasteiger partial charge in [0.2, 0.25) is 17.7 Å². The van der Waals surface area contributed by atoms with Gasteiger partial charge in [0.1, 0.15) is 5.75 Å². The van der Waals surface area contributed by atoms with Crippen molar-refractivity contribution in [1.29, 1.82) is 0 Å². The Morgan fingerprint density at radius 1 is 1.05 bits per heavy atom. The summed E-state index contributed by atoms with van der Waals surface area (Å²) in [5, 5.41) is 7.47. The van der Waals surface area contributed by atoms with Crippen molar-refractivity contribution in [2.45, 2.75) is 33.1 Å². The summed E-state index contributed by atoms with van der Waals surface area (Å²) in [7, 11) is 0. The molecule has 0 bridgehead atoms. The molecule has 2 aromatic heterocycles. The number of alkyl halides is 3. The second-order valence-electron chi connectivity index (χ2n) is 9.08. The molecule has 0 radical (unpaired) electrons. The number of carbonyl (C=O) groups excluding carboxylic acids is 1. The quantitative estimate of drug-likeness (QED) is 0.474. The molecule has 1 atom stereocenters. The molecule has 4 heterocycles. The molecule has 3 aromatic rings. The third-order valence-electron chi connectivity index (χ3n) is 6.10. The van der Waals surface area contributed by atoms with E-state index in [-0.39, 0.29) is 17.5 Å². The van der Waals surface area contributed by atoms with E-state index < -0.39 is 17.7 Å². The van der Waals surface area contributed by atoms with Crippen LogP contribution in [0.3, 0.4) is 0 Å². The number of carbonyl (C=O) groups is 1. The number of hydrazone groups is 1. The third-order valence-corrected chi connectivity index (χ3v) is 6.84. The molecule has 0 aliphatic carbocycles. The second-order valence-corrected chi connectivity index (χ2v) is 10.0. The van der Waals surface area contributed by atoms with Gasteiger partial charge in [-0.2, -0.15) is 5.10 Å². The zero-order valence-electron chi connectivity index (χ0n) is 20.0. The Morgan fingerprint density at radius 2 is 1.73 bits per heavy atom. The number of halogens is 3. The lowest BCUT2D eigenvalue weighted by Crippen LogP contribution is -2.43. The molecule has 12 heteroatoms. The van der Waals surface area contributed by atoms with Crippen LogP contribution in [0.2, 0.25) is 0 Å². The molecule has 1 aromatic carbocycles. The fraction of sp³-hybridized carbons (Fsp3) is 0.280. The summed E-state index contributed by atoms with van der Waals surface area (Å²) in [4.78, 5) is 22.6. The third kappa shape index (κ3) is 5.06. The van der Waals surface area contributed by atoms with Gasteiger partial charge in [-0.25, -0.2) is 9.97 Å². The van der Waals surface area contributed by atoms with Crippen LogP contribution in [-0.4, -0.2) is 33.3 Å². The second kappa shape index (κ2) is 9.25. The molecule has 2 aliphatic rings. The van der Waals surface area contributed by atoms with Gasteiger partial charge in [0.25, 0.3) is 0 Å². The molecule has 5 rings (SSSR count). The predicted octanol–water partition coefficient (Wildman–Crippen LogP) is 5.30. The molecular formula is C25H22F3N5O3S. The summed E-state index contributed by atoms with van der Waals surface area (Å²) in [6.07, 6.45) is -4.77. The Hall–Kier alpha value is -3.80. The molecular weight excluding hydrogens is 507 g/mol. The number of benzene rings is 1. The van der Waals surface area contributed by atoms with Crippen LogP contribution in [-0.2, 0) is 4.79 Å². The summed E-state index contributed by atoms with van der Waals surface area (Å²) in [6.45, 7) is 5.52. The highest BCUT2D eigenvalue weighted by Crippen LogP contribution is 2.51. The zero-order chi connectivity index (χ0) is 26.4. The van der Waals surface area contributed by atoms with E-state index in [1.165, 1.54) is 36.0 Å². The molecule has 37 heavy (non-hydrogen) atoms. The number of nitrogens with one attached hydrogen (secondary N) is 2. The van der Waals surface area contributed by atoms with E-state index in [4.69, 9.17) is 4.74 Å². The van der Waals surface area contributed by atoms with Gasteiger partial charge >= 0.3 is 6.36 Å². The minimum Gasteiger partial charge on any atom is -0.420 e. The first-order valence-corrected chi connectivity index (χ1v) is 12.3. The molecule has 2 aliphatic heterocycles. The number of pyridine rings is 2. The first-order chi connectivity index (χ1) is 17.5. The smallest absolute Gasteiger partial charge is 0.420 e. The highest BCUT2D eigenvalue weighted by atomic mass is 32.2. The van der Waals surface area contributed by atoms with Crippen LogP contribution >= 0.6 is 11.8 Å². The highest BCUT2D eigenvalue weighted by Gasteiger charge is 2.45. The highest BCUT2D eigenvalue weighted by molar-refractivity contribution is 8.14. The van der Waals surface area contributed by atoms with E-state index in [9.17, 15) is 18.0 Å². The number of aryl methyl sites for hydroxylation is 1. The largest absolute Gasteiger partial charge is 0.573 e. The SMILES string of the molecule is Cc1ccc2c(n1)Oc1nc(-c3ccc(OC(F)(F)F)cc3)ccc1[C@H]2C(C)(C)C(=O)NC1=NNCS1. The fourth-order valence-electron chi connectivity index (χ4n) is 4.31. The minimum atomic E-state index is -4.77. The summed E-state index contributed by atoms with van der Waals surface area (Å²) in [5.41, 5.74) is 5.10. The van der Waals surface area contributed by atoms with Crippen molar-refractivity contribution in [3.8, 4) is 28.8 Å². The van der Waals surface area contributed by atoms with Crippen LogP contribution in [0.15, 0.2) is 53.6 Å². The van der Waals surface area contributed by atoms with Gasteiger partial charge in [0.05, 0.1) is 17.0 Å². The number of aromatic nitrogens is 2. The van der Waals surface area contributed by atoms with Crippen molar-refractivity contribution in [3.63, 3.8) is 0 Å². The van der Waals surface area contributed by atoms with Gasteiger partial charge in [0.15, 0.2) is 5.17 Å². The number of nitrogens with zero attached hydrogens (tertiary/aromatic N) is 3. The number of rotatable bonds is 4. The van der Waals surface area contributed by atoms with Crippen molar-refractivity contribution in [2.24, 2.45) is 10.5 Å². The average molecular weight is 530 g/mol. The molecule has 0 saturated carbocycles. The van der Waals surface area contributed by atoms with Gasteiger partial charge in [-0.3, -0.25) is 10.2 Å². The van der Waals surface area contributed by atoms with Crippen molar-refractivity contribution in [1.82, 2.24) is 20.7 Å². The van der Waals surface area contributed by atoms with Gasteiger partial charge < -0.3 is 14.8 Å². The van der Waals surface area contributed by atoms with Crippen LogP contribution in [0.25, 0.3) is 11.3 Å². The van der Waals surface area contributed by atoms with Gasteiger partial charge in [-0.05, 0) is 43.3 Å². The van der Waals surface area contributed by atoms with Crippen LogP contribution in [0, 0.1) is 12.3 Å². The number of hydrogen-bond donors (Lipinski definition) is 2. The summed E-state index contributed by atoms with van der Waals surface area (Å²) < 4.78 is 47.6. The normalized spacial score (nSPS) is 16.6. The van der Waals surface area contributed by atoms with E-state index in [1.54, 1.807) is 6.07 Å². The lowest BCUT2D eigenvalue weighted by Gasteiger charge is -2.37. The monoisotopic (exact) mass is 529 g/mol. The molecule has 0 spiro atoms. The molecule has 0 saturated heterocycles. The van der Waals surface area contributed by atoms with Crippen molar-refractivity contribution in [2.75, 3.05) is 5.88 Å². The molecule has 1 amide bonds. The first kappa shape index (κ1) is 24.9. The van der Waals surface area contributed by atoms with Crippen molar-refractivity contribution < 1.29 is 27.4 Å². The Balaban J connectivity index is 1.52. The zero-order valence-corrected chi connectivity index (χ0v) is 20.8. The number of ether oxygens (including phenoxy) is 2. The van der Waals surface area contributed by atoms with Crippen LogP contribution in [0.4, 0.5) is 13.2 Å². The van der Waals surface area contributed by atoms with Gasteiger partial charge in [0, 0.05) is 28.3 Å². The molecule has 192 valence electrons. The summed E-state index contributed by atoms with van der Waals surface area (Å²) in [5.74, 6) is 0.217. The summed E-state index contributed by atoms with van der Waals surface area (Å²) >= 11 is 1.40. The van der Waals surface area contributed by atoms with Crippen LogP contribution in [0.1, 0.15) is 36.6 Å². The van der Waals surface area contributed by atoms with Gasteiger partial charge in [-0.1, -0.05) is 37.7 Å².